The largest absolute Gasteiger partial charge is 0.465 e. The molecule has 0 saturated heterocycles. The maximum atomic E-state index is 11.8. The molecule has 0 aliphatic carbocycles. The highest BCUT2D eigenvalue weighted by atomic mass is 16.6. The van der Waals surface area contributed by atoms with E-state index in [-0.39, 0.29) is 17.9 Å². The molecule has 2 aromatic heterocycles. The average molecular weight is 325 g/mol. The van der Waals surface area contributed by atoms with E-state index in [4.69, 9.17) is 4.74 Å². The number of nitro groups is 1. The van der Waals surface area contributed by atoms with E-state index in [0.29, 0.717) is 11.4 Å². The van der Waals surface area contributed by atoms with Crippen molar-refractivity contribution in [3.63, 3.8) is 0 Å². The van der Waals surface area contributed by atoms with Crippen LogP contribution in [0.1, 0.15) is 15.9 Å². The summed E-state index contributed by atoms with van der Waals surface area (Å²) >= 11 is 0. The summed E-state index contributed by atoms with van der Waals surface area (Å²) < 4.78 is 6.62. The molecule has 0 spiro atoms. The van der Waals surface area contributed by atoms with E-state index in [9.17, 15) is 14.9 Å². The first-order valence-corrected chi connectivity index (χ1v) is 7.35. The van der Waals surface area contributed by atoms with Gasteiger partial charge in [-0.05, 0) is 35.9 Å². The third-order valence-corrected chi connectivity index (χ3v) is 3.77. The molecule has 0 aliphatic rings. The first-order valence-electron chi connectivity index (χ1n) is 7.35. The molecule has 0 amide bonds. The number of methoxy groups -OCH3 is 1. The van der Waals surface area contributed by atoms with Gasteiger partial charge in [-0.3, -0.25) is 10.1 Å². The molecular weight excluding hydrogens is 310 g/mol. The normalized spacial score (nSPS) is 10.7. The molecule has 0 radical (unpaired) electrons. The third-order valence-electron chi connectivity index (χ3n) is 3.77. The zero-order chi connectivity index (χ0) is 17.1. The van der Waals surface area contributed by atoms with Crippen LogP contribution in [0.3, 0.4) is 0 Å². The molecule has 0 N–H and O–H groups in total. The van der Waals surface area contributed by atoms with Crippen LogP contribution in [0.5, 0.6) is 0 Å². The molecule has 0 saturated carbocycles. The van der Waals surface area contributed by atoms with Crippen molar-refractivity contribution < 1.29 is 14.5 Å². The number of ether oxygens (including phenoxy) is 1. The Labute approximate surface area is 137 Å². The van der Waals surface area contributed by atoms with Gasteiger partial charge in [0.2, 0.25) is 6.54 Å². The van der Waals surface area contributed by atoms with Gasteiger partial charge < -0.3 is 9.30 Å². The Hall–Kier alpha value is -3.22. The molecule has 7 nitrogen and oxygen atoms in total. The molecule has 7 heteroatoms. The highest BCUT2D eigenvalue weighted by molar-refractivity contribution is 5.96. The van der Waals surface area contributed by atoms with Crippen LogP contribution in [0, 0.1) is 10.1 Å². The van der Waals surface area contributed by atoms with Crippen molar-refractivity contribution in [1.82, 2.24) is 9.55 Å². The van der Waals surface area contributed by atoms with Crippen molar-refractivity contribution in [1.29, 1.82) is 0 Å². The van der Waals surface area contributed by atoms with Crippen molar-refractivity contribution >= 4 is 16.9 Å². The fraction of sp³-hybridized carbons (Fsp3) is 0.176. The molecule has 0 fully saturated rings. The Morgan fingerprint density at radius 2 is 2.17 bits per heavy atom. The third kappa shape index (κ3) is 2.96. The summed E-state index contributed by atoms with van der Waals surface area (Å²) in [5.41, 5.74) is 2.03. The van der Waals surface area contributed by atoms with Crippen molar-refractivity contribution in [3.8, 4) is 5.82 Å². The van der Waals surface area contributed by atoms with Gasteiger partial charge in [-0.15, -0.1) is 0 Å². The van der Waals surface area contributed by atoms with E-state index in [0.717, 1.165) is 16.5 Å². The summed E-state index contributed by atoms with van der Waals surface area (Å²) in [4.78, 5) is 26.4. The summed E-state index contributed by atoms with van der Waals surface area (Å²) in [5, 5.41) is 11.5. The van der Waals surface area contributed by atoms with Crippen molar-refractivity contribution in [3.05, 3.63) is 70.0 Å². The van der Waals surface area contributed by atoms with E-state index in [1.54, 1.807) is 24.4 Å². The molecule has 0 atom stereocenters. The smallest absolute Gasteiger partial charge is 0.337 e. The van der Waals surface area contributed by atoms with Gasteiger partial charge >= 0.3 is 5.97 Å². The van der Waals surface area contributed by atoms with Crippen LogP contribution in [0.2, 0.25) is 0 Å². The Bertz CT molecular complexity index is 903. The van der Waals surface area contributed by atoms with Crippen molar-refractivity contribution in [2.45, 2.75) is 6.42 Å². The molecule has 0 aliphatic heterocycles. The highest BCUT2D eigenvalue weighted by Gasteiger charge is 2.15. The standard InChI is InChI=1S/C17H15N3O4/c1-24-17(21)12-5-6-15-14(10-12)13(7-9-20(22)23)11-19(15)16-4-2-3-8-18-16/h2-6,8,10-11H,7,9H2,1H3. The van der Waals surface area contributed by atoms with Crippen LogP contribution in [-0.4, -0.2) is 34.1 Å². The zero-order valence-electron chi connectivity index (χ0n) is 13.0. The van der Waals surface area contributed by atoms with Gasteiger partial charge in [0.15, 0.2) is 0 Å². The number of benzene rings is 1. The van der Waals surface area contributed by atoms with E-state index >= 15 is 0 Å². The number of fused-ring (bicyclic) bond motifs is 1. The lowest BCUT2D eigenvalue weighted by molar-refractivity contribution is -0.479. The van der Waals surface area contributed by atoms with Gasteiger partial charge in [-0.25, -0.2) is 9.78 Å². The SMILES string of the molecule is COC(=O)c1ccc2c(c1)c(CC[N+](=O)[O-])cn2-c1ccccn1. The summed E-state index contributed by atoms with van der Waals surface area (Å²) in [5.74, 6) is 0.267. The predicted octanol–water partition coefficient (Wildman–Crippen LogP) is 2.63. The average Bonchev–Trinajstić information content (AvgIpc) is 2.98. The number of hydrogen-bond acceptors (Lipinski definition) is 5. The molecule has 0 bridgehead atoms. The highest BCUT2D eigenvalue weighted by Crippen LogP contribution is 2.26. The number of aromatic nitrogens is 2. The molecule has 24 heavy (non-hydrogen) atoms. The number of carbonyl (C=O) groups excluding carboxylic acids is 1. The van der Waals surface area contributed by atoms with Crippen LogP contribution in [0.4, 0.5) is 0 Å². The second kappa shape index (κ2) is 6.49. The minimum atomic E-state index is -0.442. The molecule has 2 heterocycles. The monoisotopic (exact) mass is 325 g/mol. The zero-order valence-corrected chi connectivity index (χ0v) is 13.0. The molecule has 3 rings (SSSR count). The van der Waals surface area contributed by atoms with Gasteiger partial charge in [0.05, 0.1) is 18.2 Å². The quantitative estimate of drug-likeness (QED) is 0.409. The lowest BCUT2D eigenvalue weighted by Gasteiger charge is -2.04. The molecule has 122 valence electrons. The van der Waals surface area contributed by atoms with E-state index < -0.39 is 5.97 Å². The minimum Gasteiger partial charge on any atom is -0.465 e. The van der Waals surface area contributed by atoms with Gasteiger partial charge in [-0.2, -0.15) is 0 Å². The molecule has 1 aromatic carbocycles. The fourth-order valence-corrected chi connectivity index (χ4v) is 2.64. The molecular formula is C17H15N3O4. The molecule has 3 aromatic rings. The number of esters is 1. The Morgan fingerprint density at radius 3 is 2.83 bits per heavy atom. The van der Waals surface area contributed by atoms with Crippen LogP contribution in [-0.2, 0) is 11.2 Å². The second-order valence-electron chi connectivity index (χ2n) is 5.24. The van der Waals surface area contributed by atoms with E-state index in [1.807, 2.05) is 29.0 Å². The number of pyridine rings is 1. The lowest BCUT2D eigenvalue weighted by Crippen LogP contribution is -2.04. The topological polar surface area (TPSA) is 87.3 Å². The van der Waals surface area contributed by atoms with Crippen molar-refractivity contribution in [2.24, 2.45) is 0 Å². The van der Waals surface area contributed by atoms with Gasteiger partial charge in [0, 0.05) is 29.1 Å². The first-order chi connectivity index (χ1) is 11.6. The predicted molar refractivity (Wildman–Crippen MR) is 88.0 cm³/mol. The van der Waals surface area contributed by atoms with Gasteiger partial charge in [0.25, 0.3) is 0 Å². The van der Waals surface area contributed by atoms with Crippen LogP contribution in [0.25, 0.3) is 16.7 Å². The van der Waals surface area contributed by atoms with Crippen molar-refractivity contribution in [2.75, 3.05) is 13.7 Å². The summed E-state index contributed by atoms with van der Waals surface area (Å²) in [6.45, 7) is -0.177. The van der Waals surface area contributed by atoms with Crippen LogP contribution in [0.15, 0.2) is 48.8 Å². The Morgan fingerprint density at radius 1 is 1.33 bits per heavy atom. The van der Waals surface area contributed by atoms with Crippen LogP contribution < -0.4 is 0 Å². The summed E-state index contributed by atoms with van der Waals surface area (Å²) in [6.07, 6.45) is 3.78. The summed E-state index contributed by atoms with van der Waals surface area (Å²) in [7, 11) is 1.32. The van der Waals surface area contributed by atoms with E-state index in [1.165, 1.54) is 7.11 Å². The van der Waals surface area contributed by atoms with E-state index in [2.05, 4.69) is 4.98 Å². The van der Waals surface area contributed by atoms with Gasteiger partial charge in [0.1, 0.15) is 5.82 Å². The second-order valence-corrected chi connectivity index (χ2v) is 5.24. The lowest BCUT2D eigenvalue weighted by atomic mass is 10.1. The Balaban J connectivity index is 2.16. The Kier molecular flexibility index (Phi) is 4.24. The molecule has 0 unspecified atom stereocenters. The van der Waals surface area contributed by atoms with Gasteiger partial charge in [-0.1, -0.05) is 6.07 Å². The summed E-state index contributed by atoms with van der Waals surface area (Å²) in [6, 6.07) is 10.7. The number of carbonyl (C=O) groups is 1. The first kappa shape index (κ1) is 15.7. The fourth-order valence-electron chi connectivity index (χ4n) is 2.64. The number of hydrogen-bond donors (Lipinski definition) is 0. The van der Waals surface area contributed by atoms with Crippen LogP contribution >= 0.6 is 0 Å². The number of rotatable bonds is 5. The maximum Gasteiger partial charge on any atom is 0.337 e. The maximum absolute atomic E-state index is 11.8. The minimum absolute atomic E-state index is 0.177. The number of nitrogens with zero attached hydrogens (tertiary/aromatic N) is 3.